The summed E-state index contributed by atoms with van der Waals surface area (Å²) in [5.74, 6) is -1.50. The number of H-pyrrole nitrogens is 2. The Morgan fingerprint density at radius 1 is 1.06 bits per heavy atom. The lowest BCUT2D eigenvalue weighted by Crippen LogP contribution is -2.35. The second kappa shape index (κ2) is 9.99. The Bertz CT molecular complexity index is 1460. The van der Waals surface area contributed by atoms with Crippen LogP contribution in [0.2, 0.25) is 0 Å². The van der Waals surface area contributed by atoms with Crippen molar-refractivity contribution in [1.29, 1.82) is 0 Å². The maximum atomic E-state index is 13.3. The molecule has 1 saturated carbocycles. The average Bonchev–Trinajstić information content (AvgIpc) is 3.29. The first-order chi connectivity index (χ1) is 17.5. The zero-order valence-corrected chi connectivity index (χ0v) is 19.3. The Labute approximate surface area is 206 Å². The van der Waals surface area contributed by atoms with Crippen molar-refractivity contribution in [3.05, 3.63) is 110 Å². The minimum Gasteiger partial charge on any atom is -0.452 e. The molecule has 3 aromatic rings. The average molecular weight is 485 g/mol. The molecule has 0 bridgehead atoms. The largest absolute Gasteiger partial charge is 0.452 e. The van der Waals surface area contributed by atoms with Gasteiger partial charge in [0.1, 0.15) is 5.56 Å². The van der Waals surface area contributed by atoms with Crippen LogP contribution in [0, 0.1) is 5.92 Å². The molecule has 1 aliphatic carbocycles. The maximum Gasteiger partial charge on any atom is 0.345 e. The Hall–Kier alpha value is -4.53. The molecule has 5 rings (SSSR count). The van der Waals surface area contributed by atoms with E-state index in [0.717, 1.165) is 47.9 Å². The first kappa shape index (κ1) is 23.2. The van der Waals surface area contributed by atoms with Gasteiger partial charge in [0.25, 0.3) is 11.5 Å². The third kappa shape index (κ3) is 4.68. The number of hydrazone groups is 1. The van der Waals surface area contributed by atoms with Gasteiger partial charge in [-0.15, -0.1) is 0 Å². The molecule has 2 unspecified atom stereocenters. The lowest BCUT2D eigenvalue weighted by Gasteiger charge is -2.29. The third-order valence-electron chi connectivity index (χ3n) is 6.40. The molecule has 36 heavy (non-hydrogen) atoms. The van der Waals surface area contributed by atoms with Crippen LogP contribution in [-0.2, 0) is 9.53 Å². The summed E-state index contributed by atoms with van der Waals surface area (Å²) in [7, 11) is 0. The van der Waals surface area contributed by atoms with E-state index in [9.17, 15) is 19.2 Å². The lowest BCUT2D eigenvalue weighted by molar-refractivity contribution is -0.137. The number of hydrogen-bond donors (Lipinski definition) is 2. The SMILES string of the molecule is O=C(OCC(=O)N1N=C2/C(=C/c3ccccc3)CCCC2C1c1ccccc1)c1c[nH]c(=O)[nH]c1=O. The van der Waals surface area contributed by atoms with Gasteiger partial charge in [0, 0.05) is 12.1 Å². The quantitative estimate of drug-likeness (QED) is 0.539. The van der Waals surface area contributed by atoms with E-state index in [1.54, 1.807) is 0 Å². The minimum absolute atomic E-state index is 0.0119. The molecule has 0 radical (unpaired) electrons. The summed E-state index contributed by atoms with van der Waals surface area (Å²) >= 11 is 0. The number of allylic oxidation sites excluding steroid dienone is 1. The molecule has 1 aromatic heterocycles. The van der Waals surface area contributed by atoms with Crippen molar-refractivity contribution >= 4 is 23.7 Å². The smallest absolute Gasteiger partial charge is 0.345 e. The summed E-state index contributed by atoms with van der Waals surface area (Å²) in [5.41, 5.74) is 1.95. The summed E-state index contributed by atoms with van der Waals surface area (Å²) in [6.45, 7) is -0.595. The van der Waals surface area contributed by atoms with Crippen LogP contribution in [0.15, 0.2) is 87.1 Å². The van der Waals surface area contributed by atoms with Gasteiger partial charge in [-0.1, -0.05) is 60.7 Å². The molecule has 9 nitrogen and oxygen atoms in total. The number of nitrogens with one attached hydrogen (secondary N) is 2. The predicted molar refractivity (Wildman–Crippen MR) is 133 cm³/mol. The molecule has 2 N–H and O–H groups in total. The Morgan fingerprint density at radius 2 is 1.78 bits per heavy atom. The van der Waals surface area contributed by atoms with Crippen molar-refractivity contribution in [3.63, 3.8) is 0 Å². The normalized spacial score (nSPS) is 20.1. The van der Waals surface area contributed by atoms with Crippen molar-refractivity contribution < 1.29 is 14.3 Å². The number of ether oxygens (including phenoxy) is 1. The fourth-order valence-electron chi connectivity index (χ4n) is 4.77. The van der Waals surface area contributed by atoms with Gasteiger partial charge in [0.15, 0.2) is 6.61 Å². The van der Waals surface area contributed by atoms with Gasteiger partial charge < -0.3 is 9.72 Å². The molecule has 1 aliphatic heterocycles. The molecule has 2 heterocycles. The number of aromatic nitrogens is 2. The van der Waals surface area contributed by atoms with Crippen LogP contribution in [0.4, 0.5) is 0 Å². The second-order valence-electron chi connectivity index (χ2n) is 8.72. The van der Waals surface area contributed by atoms with E-state index in [0.29, 0.717) is 0 Å². The van der Waals surface area contributed by atoms with Gasteiger partial charge in [-0.25, -0.2) is 14.6 Å². The van der Waals surface area contributed by atoms with Gasteiger partial charge in [-0.3, -0.25) is 14.6 Å². The van der Waals surface area contributed by atoms with Crippen molar-refractivity contribution in [2.24, 2.45) is 11.0 Å². The zero-order chi connectivity index (χ0) is 25.1. The van der Waals surface area contributed by atoms with Crippen molar-refractivity contribution in [1.82, 2.24) is 15.0 Å². The third-order valence-corrected chi connectivity index (χ3v) is 6.40. The number of nitrogens with zero attached hydrogens (tertiary/aromatic N) is 2. The number of benzene rings is 2. The van der Waals surface area contributed by atoms with E-state index in [1.807, 2.05) is 65.6 Å². The van der Waals surface area contributed by atoms with Gasteiger partial charge in [-0.05, 0) is 42.0 Å². The molecular formula is C27H24N4O5. The van der Waals surface area contributed by atoms with E-state index in [2.05, 4.69) is 11.1 Å². The second-order valence-corrected chi connectivity index (χ2v) is 8.72. The van der Waals surface area contributed by atoms with Gasteiger partial charge in [-0.2, -0.15) is 5.10 Å². The van der Waals surface area contributed by atoms with Gasteiger partial charge in [0.05, 0.1) is 11.8 Å². The van der Waals surface area contributed by atoms with Crippen molar-refractivity contribution in [2.75, 3.05) is 6.61 Å². The van der Waals surface area contributed by atoms with Crippen LogP contribution >= 0.6 is 0 Å². The van der Waals surface area contributed by atoms with Gasteiger partial charge >= 0.3 is 11.7 Å². The Balaban J connectivity index is 1.43. The fourth-order valence-corrected chi connectivity index (χ4v) is 4.77. The number of esters is 1. The molecule has 1 fully saturated rings. The monoisotopic (exact) mass is 484 g/mol. The van der Waals surface area contributed by atoms with Crippen LogP contribution in [-0.4, -0.2) is 39.2 Å². The van der Waals surface area contributed by atoms with Crippen LogP contribution in [0.25, 0.3) is 6.08 Å². The highest BCUT2D eigenvalue weighted by Crippen LogP contribution is 2.44. The van der Waals surface area contributed by atoms with Crippen LogP contribution in [0.5, 0.6) is 0 Å². The number of hydrogen-bond acceptors (Lipinski definition) is 6. The number of amides is 1. The molecule has 0 spiro atoms. The molecule has 182 valence electrons. The van der Waals surface area contributed by atoms with E-state index in [-0.39, 0.29) is 12.0 Å². The number of carbonyl (C=O) groups is 2. The molecule has 2 aromatic carbocycles. The molecular weight excluding hydrogens is 460 g/mol. The molecule has 2 aliphatic rings. The minimum atomic E-state index is -1.01. The predicted octanol–water partition coefficient (Wildman–Crippen LogP) is 3.04. The highest BCUT2D eigenvalue weighted by Gasteiger charge is 2.43. The highest BCUT2D eigenvalue weighted by atomic mass is 16.5. The van der Waals surface area contributed by atoms with Gasteiger partial charge in [0.2, 0.25) is 0 Å². The summed E-state index contributed by atoms with van der Waals surface area (Å²) in [5, 5.41) is 6.16. The van der Waals surface area contributed by atoms with Crippen molar-refractivity contribution in [2.45, 2.75) is 25.3 Å². The summed E-state index contributed by atoms with van der Waals surface area (Å²) in [6.07, 6.45) is 5.78. The molecule has 1 amide bonds. The van der Waals surface area contributed by atoms with Crippen LogP contribution in [0.1, 0.15) is 46.8 Å². The summed E-state index contributed by atoms with van der Waals surface area (Å²) in [4.78, 5) is 52.9. The Morgan fingerprint density at radius 3 is 2.50 bits per heavy atom. The van der Waals surface area contributed by atoms with Crippen molar-refractivity contribution in [3.8, 4) is 0 Å². The highest BCUT2D eigenvalue weighted by molar-refractivity contribution is 6.08. The number of carbonyl (C=O) groups excluding carboxylic acids is 2. The number of fused-ring (bicyclic) bond motifs is 1. The van der Waals surface area contributed by atoms with E-state index < -0.39 is 35.3 Å². The molecule has 0 saturated heterocycles. The van der Waals surface area contributed by atoms with Crippen LogP contribution < -0.4 is 11.2 Å². The first-order valence-corrected chi connectivity index (χ1v) is 11.7. The topological polar surface area (TPSA) is 125 Å². The van der Waals surface area contributed by atoms with E-state index in [4.69, 9.17) is 9.84 Å². The summed E-state index contributed by atoms with van der Waals surface area (Å²) < 4.78 is 5.13. The maximum absolute atomic E-state index is 13.3. The number of aromatic amines is 2. The van der Waals surface area contributed by atoms with Crippen LogP contribution in [0.3, 0.4) is 0 Å². The molecule has 9 heteroatoms. The number of rotatable bonds is 5. The first-order valence-electron chi connectivity index (χ1n) is 11.7. The summed E-state index contributed by atoms with van der Waals surface area (Å²) in [6, 6.07) is 19.3. The molecule has 2 atom stereocenters. The van der Waals surface area contributed by atoms with E-state index in [1.165, 1.54) is 5.01 Å². The lowest BCUT2D eigenvalue weighted by atomic mass is 9.77. The standard InChI is InChI=1S/C27H24N4O5/c32-22(16-36-26(34)21-15-28-27(35)29-25(21)33)31-24(18-10-5-2-6-11-18)20-13-7-12-19(23(20)30-31)14-17-8-3-1-4-9-17/h1-6,8-11,14-15,20,24H,7,12-13,16H2,(H2,28,29,33,35)/b19-14+. The fraction of sp³-hybridized carbons (Fsp3) is 0.222. The Kier molecular flexibility index (Phi) is 6.44. The van der Waals surface area contributed by atoms with E-state index >= 15 is 0 Å². The zero-order valence-electron chi connectivity index (χ0n) is 19.3.